The van der Waals surface area contributed by atoms with E-state index < -0.39 is 0 Å². The highest BCUT2D eigenvalue weighted by molar-refractivity contribution is 5.87. The number of allylic oxidation sites excluding steroid dienone is 3. The molecule has 0 amide bonds. The fourth-order valence-electron chi connectivity index (χ4n) is 7.34. The Morgan fingerprint density at radius 3 is 2.55 bits per heavy atom. The van der Waals surface area contributed by atoms with Gasteiger partial charge in [-0.3, -0.25) is 15.1 Å². The summed E-state index contributed by atoms with van der Waals surface area (Å²) in [6, 6.07) is 0. The molecule has 0 heterocycles. The lowest BCUT2D eigenvalue weighted by Gasteiger charge is -2.58. The van der Waals surface area contributed by atoms with Crippen molar-refractivity contribution in [3.63, 3.8) is 0 Å². The molecule has 4 rings (SSSR count). The van der Waals surface area contributed by atoms with Gasteiger partial charge in [-0.15, -0.1) is 0 Å². The van der Waals surface area contributed by atoms with Crippen molar-refractivity contribution < 1.29 is 9.63 Å². The van der Waals surface area contributed by atoms with E-state index >= 15 is 0 Å². The average Bonchev–Trinajstić information content (AvgIpc) is 2.95. The number of likely N-dealkylation sites (N-methyl/N-ethyl adjacent to an activating group) is 1. The maximum Gasteiger partial charge on any atom is 0.139 e. The van der Waals surface area contributed by atoms with Crippen LogP contribution in [0.3, 0.4) is 0 Å². The Hall–Kier alpha value is -1.13. The minimum Gasteiger partial charge on any atom is -0.307 e. The Balaban J connectivity index is 1.56. The molecule has 0 aromatic rings. The van der Waals surface area contributed by atoms with Crippen LogP contribution in [0.2, 0.25) is 0 Å². The maximum atomic E-state index is 12.6. The monoisotopic (exact) mass is 400 g/mol. The fraction of sp³-hybridized carbons (Fsp3) is 0.800. The number of ketones is 1. The second-order valence-electron chi connectivity index (χ2n) is 11.3. The van der Waals surface area contributed by atoms with E-state index in [-0.39, 0.29) is 16.2 Å². The standard InChI is InChI=1S/C25H40N2O2/c1-23(2)20-9-7-17-18-8-10-22(28)25(18,4)13-11-19(17)24(20,3)14-12-21(23)26-29-16-15-27(5)6/h9,12,17-19,26H,7-8,10-11,13-16H2,1-6H3/t17-,18-,19-,24+,25-/m0/s1. The summed E-state index contributed by atoms with van der Waals surface area (Å²) < 4.78 is 0. The maximum absolute atomic E-state index is 12.6. The highest BCUT2D eigenvalue weighted by atomic mass is 16.6. The summed E-state index contributed by atoms with van der Waals surface area (Å²) in [6.45, 7) is 11.0. The van der Waals surface area contributed by atoms with Gasteiger partial charge in [-0.1, -0.05) is 45.4 Å². The third-order valence-electron chi connectivity index (χ3n) is 9.07. The molecule has 1 N–H and O–H groups in total. The molecule has 0 radical (unpaired) electrons. The third kappa shape index (κ3) is 3.22. The Kier molecular flexibility index (Phi) is 5.26. The van der Waals surface area contributed by atoms with E-state index in [1.165, 1.54) is 12.1 Å². The molecule has 0 saturated heterocycles. The predicted molar refractivity (Wildman–Crippen MR) is 117 cm³/mol. The number of carbonyl (C=O) groups excluding carboxylic acids is 1. The van der Waals surface area contributed by atoms with Crippen LogP contribution in [-0.2, 0) is 9.63 Å². The van der Waals surface area contributed by atoms with Crippen LogP contribution in [0.15, 0.2) is 23.4 Å². The van der Waals surface area contributed by atoms with Gasteiger partial charge in [0.05, 0.1) is 6.61 Å². The third-order valence-corrected chi connectivity index (χ3v) is 9.07. The van der Waals surface area contributed by atoms with Crippen molar-refractivity contribution in [1.29, 1.82) is 0 Å². The van der Waals surface area contributed by atoms with E-state index in [9.17, 15) is 4.79 Å². The molecule has 4 aliphatic rings. The molecule has 5 atom stereocenters. The minimum atomic E-state index is -0.0457. The molecule has 0 bridgehead atoms. The van der Waals surface area contributed by atoms with Crippen LogP contribution in [0.4, 0.5) is 0 Å². The number of hydrogen-bond donors (Lipinski definition) is 1. The van der Waals surface area contributed by atoms with Gasteiger partial charge in [-0.25, -0.2) is 0 Å². The van der Waals surface area contributed by atoms with Gasteiger partial charge in [0.1, 0.15) is 5.78 Å². The Morgan fingerprint density at radius 1 is 1.10 bits per heavy atom. The first-order valence-electron chi connectivity index (χ1n) is 11.6. The summed E-state index contributed by atoms with van der Waals surface area (Å²) >= 11 is 0. The van der Waals surface area contributed by atoms with Crippen molar-refractivity contribution in [2.75, 3.05) is 27.2 Å². The first-order chi connectivity index (χ1) is 13.6. The van der Waals surface area contributed by atoms with Crippen LogP contribution in [0.1, 0.15) is 66.2 Å². The molecular weight excluding hydrogens is 360 g/mol. The normalized spacial score (nSPS) is 40.7. The lowest BCUT2D eigenvalue weighted by Crippen LogP contribution is -2.52. The molecule has 0 unspecified atom stereocenters. The van der Waals surface area contributed by atoms with Gasteiger partial charge in [-0.05, 0) is 69.4 Å². The highest BCUT2D eigenvalue weighted by Gasteiger charge is 2.60. The number of hydrogen-bond acceptors (Lipinski definition) is 4. The van der Waals surface area contributed by atoms with Crippen molar-refractivity contribution in [1.82, 2.24) is 10.4 Å². The molecule has 0 aromatic carbocycles. The van der Waals surface area contributed by atoms with Crippen LogP contribution in [0.5, 0.6) is 0 Å². The number of nitrogens with zero attached hydrogens (tertiary/aromatic N) is 1. The number of Topliss-reactive ketones (excluding diaryl/α,β-unsaturated/α-hetero) is 1. The number of nitrogens with one attached hydrogen (secondary N) is 1. The smallest absolute Gasteiger partial charge is 0.139 e. The van der Waals surface area contributed by atoms with Gasteiger partial charge < -0.3 is 4.90 Å². The zero-order valence-corrected chi connectivity index (χ0v) is 19.3. The van der Waals surface area contributed by atoms with Crippen LogP contribution >= 0.6 is 0 Å². The minimum absolute atomic E-state index is 0.0394. The molecule has 2 saturated carbocycles. The summed E-state index contributed by atoms with van der Waals surface area (Å²) in [4.78, 5) is 20.6. The topological polar surface area (TPSA) is 41.6 Å². The summed E-state index contributed by atoms with van der Waals surface area (Å²) in [7, 11) is 4.13. The SMILES string of the molecule is CN(C)CCONC1=CC[C@@]2(C)C(=CC[C@@H]3[C@@H]2CC[C@]2(C)C(=O)CC[C@@H]32)C1(C)C. The number of carbonyl (C=O) groups is 1. The van der Waals surface area contributed by atoms with Gasteiger partial charge >= 0.3 is 0 Å². The summed E-state index contributed by atoms with van der Waals surface area (Å²) in [5.74, 6) is 2.48. The molecule has 4 heteroatoms. The number of rotatable bonds is 5. The van der Waals surface area contributed by atoms with Gasteiger partial charge in [0.2, 0.25) is 0 Å². The second-order valence-corrected chi connectivity index (χ2v) is 11.3. The average molecular weight is 401 g/mol. The van der Waals surface area contributed by atoms with Crippen LogP contribution in [0.25, 0.3) is 0 Å². The highest BCUT2D eigenvalue weighted by Crippen LogP contribution is 2.66. The molecule has 0 aliphatic heterocycles. The van der Waals surface area contributed by atoms with E-state index in [0.29, 0.717) is 30.1 Å². The molecule has 4 aliphatic carbocycles. The quantitative estimate of drug-likeness (QED) is 0.411. The van der Waals surface area contributed by atoms with Crippen LogP contribution < -0.4 is 5.48 Å². The van der Waals surface area contributed by atoms with Gasteiger partial charge in [0, 0.05) is 29.5 Å². The summed E-state index contributed by atoms with van der Waals surface area (Å²) in [5, 5.41) is 0. The molecule has 2 fully saturated rings. The van der Waals surface area contributed by atoms with Gasteiger partial charge in [-0.2, -0.15) is 0 Å². The van der Waals surface area contributed by atoms with Crippen molar-refractivity contribution in [3.8, 4) is 0 Å². The number of fused-ring (bicyclic) bond motifs is 5. The van der Waals surface area contributed by atoms with Gasteiger partial charge in [0.15, 0.2) is 0 Å². The van der Waals surface area contributed by atoms with Crippen molar-refractivity contribution in [2.45, 2.75) is 66.2 Å². The van der Waals surface area contributed by atoms with Crippen molar-refractivity contribution >= 4 is 5.78 Å². The predicted octanol–water partition coefficient (Wildman–Crippen LogP) is 4.73. The lowest BCUT2D eigenvalue weighted by atomic mass is 9.46. The van der Waals surface area contributed by atoms with Crippen molar-refractivity contribution in [2.24, 2.45) is 34.0 Å². The van der Waals surface area contributed by atoms with E-state index in [0.717, 1.165) is 38.6 Å². The molecule has 162 valence electrons. The Labute approximate surface area is 177 Å². The lowest BCUT2D eigenvalue weighted by molar-refractivity contribution is -0.131. The first kappa shape index (κ1) is 21.1. The van der Waals surface area contributed by atoms with Gasteiger partial charge in [0.25, 0.3) is 0 Å². The van der Waals surface area contributed by atoms with E-state index in [1.54, 1.807) is 5.57 Å². The van der Waals surface area contributed by atoms with Crippen LogP contribution in [0, 0.1) is 34.0 Å². The molecule has 0 aromatic heterocycles. The molecular formula is C25H40N2O2. The zero-order valence-electron chi connectivity index (χ0n) is 19.3. The number of hydroxylamine groups is 1. The van der Waals surface area contributed by atoms with Crippen LogP contribution in [-0.4, -0.2) is 37.9 Å². The molecule has 0 spiro atoms. The summed E-state index contributed by atoms with van der Waals surface area (Å²) in [6.07, 6.45) is 11.4. The Morgan fingerprint density at radius 2 is 1.83 bits per heavy atom. The second kappa shape index (κ2) is 7.23. The first-order valence-corrected chi connectivity index (χ1v) is 11.6. The largest absolute Gasteiger partial charge is 0.307 e. The fourth-order valence-corrected chi connectivity index (χ4v) is 7.34. The van der Waals surface area contributed by atoms with E-state index in [2.05, 4.69) is 64.3 Å². The van der Waals surface area contributed by atoms with E-state index in [4.69, 9.17) is 4.84 Å². The summed E-state index contributed by atoms with van der Waals surface area (Å²) in [5.41, 5.74) is 6.19. The Bertz CT molecular complexity index is 737. The van der Waals surface area contributed by atoms with E-state index in [1.807, 2.05) is 0 Å². The molecule has 4 nitrogen and oxygen atoms in total. The molecule has 29 heavy (non-hydrogen) atoms. The zero-order chi connectivity index (χ0) is 21.0. The van der Waals surface area contributed by atoms with Crippen molar-refractivity contribution in [3.05, 3.63) is 23.4 Å².